The minimum atomic E-state index is -0.266. The summed E-state index contributed by atoms with van der Waals surface area (Å²) < 4.78 is 12.8. The van der Waals surface area contributed by atoms with E-state index in [-0.39, 0.29) is 11.7 Å². The highest BCUT2D eigenvalue weighted by molar-refractivity contribution is 5.75. The normalized spacial score (nSPS) is 10.1. The van der Waals surface area contributed by atoms with Crippen LogP contribution in [0.2, 0.25) is 0 Å². The molecule has 0 aromatic heterocycles. The second kappa shape index (κ2) is 6.99. The fraction of sp³-hybridized carbons (Fsp3) is 0.462. The van der Waals surface area contributed by atoms with E-state index >= 15 is 0 Å². The number of carbonyl (C=O) groups excluding carboxylic acids is 1. The second-order valence-electron chi connectivity index (χ2n) is 3.86. The second-order valence-corrected chi connectivity index (χ2v) is 3.86. The Morgan fingerprint density at radius 2 is 2.19 bits per heavy atom. The van der Waals surface area contributed by atoms with E-state index in [4.69, 9.17) is 0 Å². The van der Waals surface area contributed by atoms with E-state index in [1.165, 1.54) is 12.1 Å². The Labute approximate surface area is 95.9 Å². The van der Waals surface area contributed by atoms with E-state index < -0.39 is 0 Å². The van der Waals surface area contributed by atoms with Crippen LogP contribution in [0.1, 0.15) is 38.2 Å². The number of nitrogens with one attached hydrogen (secondary N) is 1. The maximum absolute atomic E-state index is 12.8. The monoisotopic (exact) mass is 223 g/mol. The van der Waals surface area contributed by atoms with Gasteiger partial charge in [-0.2, -0.15) is 0 Å². The zero-order valence-electron chi connectivity index (χ0n) is 9.63. The van der Waals surface area contributed by atoms with Crippen molar-refractivity contribution in [3.8, 4) is 0 Å². The zero-order valence-corrected chi connectivity index (χ0v) is 9.63. The van der Waals surface area contributed by atoms with E-state index in [1.54, 1.807) is 12.1 Å². The van der Waals surface area contributed by atoms with Crippen molar-refractivity contribution in [1.82, 2.24) is 5.32 Å². The minimum Gasteiger partial charge on any atom is -0.352 e. The van der Waals surface area contributed by atoms with Crippen LogP contribution in [0.5, 0.6) is 0 Å². The Kier molecular flexibility index (Phi) is 5.54. The summed E-state index contributed by atoms with van der Waals surface area (Å²) in [5, 5.41) is 2.78. The summed E-state index contributed by atoms with van der Waals surface area (Å²) in [6.07, 6.45) is 3.67. The van der Waals surface area contributed by atoms with Crippen LogP contribution in [0.25, 0.3) is 0 Å². The Morgan fingerprint density at radius 1 is 1.38 bits per heavy atom. The van der Waals surface area contributed by atoms with Crippen LogP contribution in [-0.2, 0) is 11.3 Å². The molecule has 1 aromatic rings. The summed E-state index contributed by atoms with van der Waals surface area (Å²) in [5.41, 5.74) is 0.795. The highest BCUT2D eigenvalue weighted by Gasteiger charge is 2.01. The Morgan fingerprint density at radius 3 is 2.88 bits per heavy atom. The molecule has 1 aromatic carbocycles. The van der Waals surface area contributed by atoms with E-state index in [0.717, 1.165) is 24.8 Å². The van der Waals surface area contributed by atoms with Crippen molar-refractivity contribution in [2.75, 3.05) is 0 Å². The predicted octanol–water partition coefficient (Wildman–Crippen LogP) is 3.02. The first-order valence-corrected chi connectivity index (χ1v) is 5.73. The fourth-order valence-corrected chi connectivity index (χ4v) is 1.47. The van der Waals surface area contributed by atoms with Gasteiger partial charge in [-0.15, -0.1) is 0 Å². The summed E-state index contributed by atoms with van der Waals surface area (Å²) in [6, 6.07) is 6.28. The zero-order chi connectivity index (χ0) is 11.8. The van der Waals surface area contributed by atoms with Crippen LogP contribution >= 0.6 is 0 Å². The Bertz CT molecular complexity index is 338. The van der Waals surface area contributed by atoms with Crippen molar-refractivity contribution >= 4 is 5.91 Å². The molecule has 3 heteroatoms. The predicted molar refractivity (Wildman–Crippen MR) is 62.4 cm³/mol. The summed E-state index contributed by atoms with van der Waals surface area (Å²) in [5.74, 6) is -0.226. The average molecular weight is 223 g/mol. The Balaban J connectivity index is 2.26. The molecule has 0 saturated carbocycles. The molecule has 16 heavy (non-hydrogen) atoms. The molecule has 0 fully saturated rings. The molecular weight excluding hydrogens is 205 g/mol. The maximum atomic E-state index is 12.8. The van der Waals surface area contributed by atoms with Gasteiger partial charge in [0.2, 0.25) is 5.91 Å². The van der Waals surface area contributed by atoms with Gasteiger partial charge >= 0.3 is 0 Å². The molecular formula is C13H18FNO. The number of carbonyl (C=O) groups is 1. The van der Waals surface area contributed by atoms with Crippen LogP contribution in [0.3, 0.4) is 0 Å². The average Bonchev–Trinajstić information content (AvgIpc) is 2.27. The smallest absolute Gasteiger partial charge is 0.220 e. The van der Waals surface area contributed by atoms with Crippen LogP contribution in [-0.4, -0.2) is 5.91 Å². The van der Waals surface area contributed by atoms with Crippen molar-refractivity contribution < 1.29 is 9.18 Å². The molecule has 0 unspecified atom stereocenters. The lowest BCUT2D eigenvalue weighted by molar-refractivity contribution is -0.121. The summed E-state index contributed by atoms with van der Waals surface area (Å²) in [7, 11) is 0. The number of rotatable bonds is 6. The molecule has 1 amide bonds. The first-order chi connectivity index (χ1) is 7.72. The number of hydrogen-bond acceptors (Lipinski definition) is 1. The maximum Gasteiger partial charge on any atom is 0.220 e. The van der Waals surface area contributed by atoms with Gasteiger partial charge in [0.15, 0.2) is 0 Å². The van der Waals surface area contributed by atoms with Crippen molar-refractivity contribution in [1.29, 1.82) is 0 Å². The van der Waals surface area contributed by atoms with Crippen molar-refractivity contribution in [2.45, 2.75) is 39.2 Å². The molecule has 0 spiro atoms. The van der Waals surface area contributed by atoms with Crippen LogP contribution < -0.4 is 5.32 Å². The van der Waals surface area contributed by atoms with Gasteiger partial charge in [0.1, 0.15) is 5.82 Å². The van der Waals surface area contributed by atoms with Gasteiger partial charge in [-0.05, 0) is 24.1 Å². The number of halogens is 1. The van der Waals surface area contributed by atoms with Gasteiger partial charge in [0.25, 0.3) is 0 Å². The van der Waals surface area contributed by atoms with E-state index in [2.05, 4.69) is 12.2 Å². The van der Waals surface area contributed by atoms with Gasteiger partial charge in [-0.1, -0.05) is 31.9 Å². The molecule has 1 rings (SSSR count). The molecule has 0 atom stereocenters. The Hall–Kier alpha value is -1.38. The van der Waals surface area contributed by atoms with E-state index in [0.29, 0.717) is 13.0 Å². The van der Waals surface area contributed by atoms with E-state index in [1.807, 2.05) is 0 Å². The summed E-state index contributed by atoms with van der Waals surface area (Å²) in [6.45, 7) is 2.51. The third-order valence-electron chi connectivity index (χ3n) is 2.39. The van der Waals surface area contributed by atoms with Crippen molar-refractivity contribution in [2.24, 2.45) is 0 Å². The molecule has 0 radical (unpaired) electrons. The number of hydrogen-bond donors (Lipinski definition) is 1. The molecule has 0 bridgehead atoms. The van der Waals surface area contributed by atoms with Gasteiger partial charge in [-0.25, -0.2) is 4.39 Å². The quantitative estimate of drug-likeness (QED) is 0.738. The molecule has 0 aliphatic heterocycles. The van der Waals surface area contributed by atoms with Crippen LogP contribution in [0.4, 0.5) is 4.39 Å². The van der Waals surface area contributed by atoms with E-state index in [9.17, 15) is 9.18 Å². The first kappa shape index (κ1) is 12.7. The van der Waals surface area contributed by atoms with Crippen LogP contribution in [0.15, 0.2) is 24.3 Å². The molecule has 0 aliphatic carbocycles. The molecule has 1 N–H and O–H groups in total. The fourth-order valence-electron chi connectivity index (χ4n) is 1.47. The van der Waals surface area contributed by atoms with Crippen molar-refractivity contribution in [3.05, 3.63) is 35.6 Å². The largest absolute Gasteiger partial charge is 0.352 e. The third-order valence-corrected chi connectivity index (χ3v) is 2.39. The van der Waals surface area contributed by atoms with Crippen LogP contribution in [0, 0.1) is 5.82 Å². The first-order valence-electron chi connectivity index (χ1n) is 5.73. The number of unbranched alkanes of at least 4 members (excludes halogenated alkanes) is 2. The lowest BCUT2D eigenvalue weighted by Gasteiger charge is -2.05. The van der Waals surface area contributed by atoms with Gasteiger partial charge in [0.05, 0.1) is 0 Å². The third kappa shape index (κ3) is 4.91. The molecule has 88 valence electrons. The molecule has 0 saturated heterocycles. The topological polar surface area (TPSA) is 29.1 Å². The number of benzene rings is 1. The lowest BCUT2D eigenvalue weighted by atomic mass is 10.2. The summed E-state index contributed by atoms with van der Waals surface area (Å²) >= 11 is 0. The highest BCUT2D eigenvalue weighted by atomic mass is 19.1. The number of amides is 1. The minimum absolute atomic E-state index is 0.0395. The standard InChI is InChI=1S/C13H18FNO/c1-2-3-4-8-13(16)15-10-11-6-5-7-12(14)9-11/h5-7,9H,2-4,8,10H2,1H3,(H,15,16). The highest BCUT2D eigenvalue weighted by Crippen LogP contribution is 2.03. The molecule has 0 aliphatic rings. The van der Waals surface area contributed by atoms with Gasteiger partial charge in [-0.3, -0.25) is 4.79 Å². The lowest BCUT2D eigenvalue weighted by Crippen LogP contribution is -2.22. The molecule has 0 heterocycles. The molecule has 2 nitrogen and oxygen atoms in total. The SMILES string of the molecule is CCCCCC(=O)NCc1cccc(F)c1. The van der Waals surface area contributed by atoms with Gasteiger partial charge in [0, 0.05) is 13.0 Å². The summed E-state index contributed by atoms with van der Waals surface area (Å²) in [4.78, 5) is 11.4. The van der Waals surface area contributed by atoms with Crippen molar-refractivity contribution in [3.63, 3.8) is 0 Å². The van der Waals surface area contributed by atoms with Gasteiger partial charge < -0.3 is 5.32 Å².